The molecule has 1 aromatic carbocycles. The number of carboxylic acid groups (broad SMARTS) is 1. The van der Waals surface area contributed by atoms with E-state index in [0.717, 1.165) is 6.07 Å². The second kappa shape index (κ2) is 4.38. The van der Waals surface area contributed by atoms with Crippen LogP contribution in [0.15, 0.2) is 30.8 Å². The Kier molecular flexibility index (Phi) is 3.37. The highest BCUT2D eigenvalue weighted by atomic mass is 19.4. The molecule has 1 aromatic rings. The van der Waals surface area contributed by atoms with Crippen molar-refractivity contribution in [2.24, 2.45) is 0 Å². The Morgan fingerprint density at radius 2 is 1.88 bits per heavy atom. The van der Waals surface area contributed by atoms with Gasteiger partial charge in [0.15, 0.2) is 0 Å². The fourth-order valence-corrected chi connectivity index (χ4v) is 1.32. The van der Waals surface area contributed by atoms with E-state index >= 15 is 0 Å². The van der Waals surface area contributed by atoms with Crippen LogP contribution in [0.5, 0.6) is 0 Å². The standard InChI is InChI=1S/C11H9F3O2/c1-7(6-10(15)16)8-4-2-3-5-9(8)11(12,13)14/h2-5H,1,6H2,(H,15,16). The number of carbonyl (C=O) groups is 1. The number of carboxylic acids is 1. The monoisotopic (exact) mass is 230 g/mol. The smallest absolute Gasteiger partial charge is 0.416 e. The van der Waals surface area contributed by atoms with Crippen LogP contribution in [0, 0.1) is 0 Å². The van der Waals surface area contributed by atoms with E-state index in [-0.39, 0.29) is 11.1 Å². The zero-order valence-corrected chi connectivity index (χ0v) is 8.21. The van der Waals surface area contributed by atoms with Gasteiger partial charge in [-0.25, -0.2) is 0 Å². The van der Waals surface area contributed by atoms with Gasteiger partial charge in [-0.05, 0) is 17.2 Å². The molecule has 1 rings (SSSR count). The second-order valence-corrected chi connectivity index (χ2v) is 3.22. The van der Waals surface area contributed by atoms with Crippen molar-refractivity contribution in [2.45, 2.75) is 12.6 Å². The van der Waals surface area contributed by atoms with Gasteiger partial charge in [0.25, 0.3) is 0 Å². The van der Waals surface area contributed by atoms with Crippen molar-refractivity contribution in [1.82, 2.24) is 0 Å². The summed E-state index contributed by atoms with van der Waals surface area (Å²) in [5.41, 5.74) is -1.08. The van der Waals surface area contributed by atoms with Crippen molar-refractivity contribution in [3.63, 3.8) is 0 Å². The maximum atomic E-state index is 12.6. The molecule has 1 N–H and O–H groups in total. The van der Waals surface area contributed by atoms with Crippen molar-refractivity contribution in [2.75, 3.05) is 0 Å². The Bertz CT molecular complexity index is 421. The highest BCUT2D eigenvalue weighted by Crippen LogP contribution is 2.35. The first-order valence-electron chi connectivity index (χ1n) is 4.38. The van der Waals surface area contributed by atoms with Crippen LogP contribution in [0.3, 0.4) is 0 Å². The predicted octanol–water partition coefficient (Wildman–Crippen LogP) is 3.19. The molecule has 0 amide bonds. The summed E-state index contributed by atoms with van der Waals surface area (Å²) in [5.74, 6) is -1.21. The number of rotatable bonds is 3. The third-order valence-corrected chi connectivity index (χ3v) is 1.98. The van der Waals surface area contributed by atoms with E-state index in [1.807, 2.05) is 0 Å². The van der Waals surface area contributed by atoms with Gasteiger partial charge in [-0.15, -0.1) is 0 Å². The van der Waals surface area contributed by atoms with E-state index in [4.69, 9.17) is 5.11 Å². The summed E-state index contributed by atoms with van der Waals surface area (Å²) < 4.78 is 37.7. The number of aliphatic carboxylic acids is 1. The largest absolute Gasteiger partial charge is 0.481 e. The molecular weight excluding hydrogens is 221 g/mol. The van der Waals surface area contributed by atoms with E-state index in [2.05, 4.69) is 6.58 Å². The highest BCUT2D eigenvalue weighted by molar-refractivity contribution is 5.83. The zero-order chi connectivity index (χ0) is 12.3. The average molecular weight is 230 g/mol. The number of hydrogen-bond acceptors (Lipinski definition) is 1. The quantitative estimate of drug-likeness (QED) is 0.865. The molecule has 0 radical (unpaired) electrons. The van der Waals surface area contributed by atoms with E-state index in [1.165, 1.54) is 18.2 Å². The molecule has 0 unspecified atom stereocenters. The van der Waals surface area contributed by atoms with E-state index in [0.29, 0.717) is 0 Å². The first kappa shape index (κ1) is 12.3. The molecule has 0 saturated carbocycles. The van der Waals surface area contributed by atoms with Gasteiger partial charge < -0.3 is 5.11 Å². The van der Waals surface area contributed by atoms with Crippen molar-refractivity contribution in [1.29, 1.82) is 0 Å². The third-order valence-electron chi connectivity index (χ3n) is 1.98. The van der Waals surface area contributed by atoms with Gasteiger partial charge in [0.1, 0.15) is 0 Å². The summed E-state index contributed by atoms with van der Waals surface area (Å²) in [5, 5.41) is 8.50. The highest BCUT2D eigenvalue weighted by Gasteiger charge is 2.33. The van der Waals surface area contributed by atoms with Gasteiger partial charge in [-0.2, -0.15) is 13.2 Å². The average Bonchev–Trinajstić information content (AvgIpc) is 2.15. The molecule has 0 spiro atoms. The summed E-state index contributed by atoms with van der Waals surface area (Å²) in [4.78, 5) is 10.4. The first-order chi connectivity index (χ1) is 7.32. The Morgan fingerprint density at radius 3 is 2.38 bits per heavy atom. The van der Waals surface area contributed by atoms with Crippen LogP contribution in [0.4, 0.5) is 13.2 Å². The SMILES string of the molecule is C=C(CC(=O)O)c1ccccc1C(F)(F)F. The van der Waals surface area contributed by atoms with Crippen molar-refractivity contribution < 1.29 is 23.1 Å². The van der Waals surface area contributed by atoms with Crippen LogP contribution in [0.2, 0.25) is 0 Å². The summed E-state index contributed by atoms with van der Waals surface area (Å²) >= 11 is 0. The molecule has 0 saturated heterocycles. The summed E-state index contributed by atoms with van der Waals surface area (Å²) in [6, 6.07) is 4.79. The van der Waals surface area contributed by atoms with E-state index < -0.39 is 24.1 Å². The van der Waals surface area contributed by atoms with Gasteiger partial charge in [-0.1, -0.05) is 24.8 Å². The summed E-state index contributed by atoms with van der Waals surface area (Å²) in [6.07, 6.45) is -5.01. The predicted molar refractivity (Wildman–Crippen MR) is 52.7 cm³/mol. The molecule has 0 heterocycles. The van der Waals surface area contributed by atoms with Crippen molar-refractivity contribution in [3.05, 3.63) is 42.0 Å². The molecule has 0 fully saturated rings. The zero-order valence-electron chi connectivity index (χ0n) is 8.21. The Hall–Kier alpha value is -1.78. The van der Waals surface area contributed by atoms with Crippen molar-refractivity contribution >= 4 is 11.5 Å². The van der Waals surface area contributed by atoms with Crippen LogP contribution < -0.4 is 0 Å². The van der Waals surface area contributed by atoms with Crippen LogP contribution in [0.25, 0.3) is 5.57 Å². The Balaban J connectivity index is 3.14. The summed E-state index contributed by atoms with van der Waals surface area (Å²) in [7, 11) is 0. The molecule has 0 aliphatic carbocycles. The topological polar surface area (TPSA) is 37.3 Å². The lowest BCUT2D eigenvalue weighted by Gasteiger charge is -2.13. The van der Waals surface area contributed by atoms with Gasteiger partial charge in [0.05, 0.1) is 12.0 Å². The molecular formula is C11H9F3O2. The van der Waals surface area contributed by atoms with E-state index in [9.17, 15) is 18.0 Å². The minimum atomic E-state index is -4.50. The molecule has 0 bridgehead atoms. The Labute approximate surface area is 90.0 Å². The summed E-state index contributed by atoms with van der Waals surface area (Å²) in [6.45, 7) is 3.36. The lowest BCUT2D eigenvalue weighted by molar-refractivity contribution is -0.138. The van der Waals surface area contributed by atoms with Gasteiger partial charge in [0, 0.05) is 0 Å². The third kappa shape index (κ3) is 2.85. The van der Waals surface area contributed by atoms with Gasteiger partial charge >= 0.3 is 12.1 Å². The molecule has 16 heavy (non-hydrogen) atoms. The van der Waals surface area contributed by atoms with Crippen LogP contribution in [0.1, 0.15) is 17.5 Å². The minimum absolute atomic E-state index is 0.0552. The minimum Gasteiger partial charge on any atom is -0.481 e. The lowest BCUT2D eigenvalue weighted by Crippen LogP contribution is -2.09. The second-order valence-electron chi connectivity index (χ2n) is 3.22. The molecule has 2 nitrogen and oxygen atoms in total. The molecule has 0 aromatic heterocycles. The van der Waals surface area contributed by atoms with Gasteiger partial charge in [0.2, 0.25) is 0 Å². The van der Waals surface area contributed by atoms with Crippen LogP contribution in [-0.4, -0.2) is 11.1 Å². The van der Waals surface area contributed by atoms with Gasteiger partial charge in [-0.3, -0.25) is 4.79 Å². The lowest BCUT2D eigenvalue weighted by atomic mass is 9.98. The van der Waals surface area contributed by atoms with Crippen LogP contribution in [-0.2, 0) is 11.0 Å². The Morgan fingerprint density at radius 1 is 1.31 bits per heavy atom. The normalized spacial score (nSPS) is 11.2. The van der Waals surface area contributed by atoms with E-state index in [1.54, 1.807) is 0 Å². The van der Waals surface area contributed by atoms with Crippen molar-refractivity contribution in [3.8, 4) is 0 Å². The maximum Gasteiger partial charge on any atom is 0.416 e. The molecule has 0 atom stereocenters. The molecule has 0 aliphatic heterocycles. The van der Waals surface area contributed by atoms with Crippen LogP contribution >= 0.6 is 0 Å². The number of benzene rings is 1. The molecule has 5 heteroatoms. The number of hydrogen-bond donors (Lipinski definition) is 1. The number of alkyl halides is 3. The fraction of sp³-hybridized carbons (Fsp3) is 0.182. The molecule has 0 aliphatic rings. The fourth-order valence-electron chi connectivity index (χ4n) is 1.32. The number of halogens is 3. The first-order valence-corrected chi connectivity index (χ1v) is 4.38. The maximum absolute atomic E-state index is 12.6. The molecule has 86 valence electrons.